The first-order valence-electron chi connectivity index (χ1n) is 5.54. The molecule has 1 N–H and O–H groups in total. The number of aryl methyl sites for hydroxylation is 1. The molecule has 0 aromatic carbocycles. The molecule has 0 aliphatic rings. The highest BCUT2D eigenvalue weighted by Gasteiger charge is 2.01. The Morgan fingerprint density at radius 1 is 1.56 bits per heavy atom. The minimum atomic E-state index is -0.129. The molecule has 0 bridgehead atoms. The Morgan fingerprint density at radius 3 is 3.06 bits per heavy atom. The third kappa shape index (κ3) is 4.29. The van der Waals surface area contributed by atoms with Crippen LogP contribution >= 0.6 is 0 Å². The highest BCUT2D eigenvalue weighted by molar-refractivity contribution is 5.69. The van der Waals surface area contributed by atoms with Crippen LogP contribution < -0.4 is 5.32 Å². The maximum atomic E-state index is 11.1. The number of ether oxygens (including phenoxy) is 1. The molecule has 0 radical (unpaired) electrons. The maximum Gasteiger partial charge on any atom is 0.305 e. The van der Waals surface area contributed by atoms with Crippen LogP contribution in [0.3, 0.4) is 0 Å². The molecule has 1 aromatic rings. The summed E-state index contributed by atoms with van der Waals surface area (Å²) in [4.78, 5) is 15.1. The summed E-state index contributed by atoms with van der Waals surface area (Å²) >= 11 is 0. The quantitative estimate of drug-likeness (QED) is 0.592. The Kier molecular flexibility index (Phi) is 5.32. The number of esters is 1. The number of anilines is 1. The first kappa shape index (κ1) is 12.5. The number of hydrogen-bond acceptors (Lipinski definition) is 4. The van der Waals surface area contributed by atoms with Crippen LogP contribution in [0.2, 0.25) is 0 Å². The molecule has 1 aromatic heterocycles. The van der Waals surface area contributed by atoms with Crippen molar-refractivity contribution in [2.75, 3.05) is 18.5 Å². The Morgan fingerprint density at radius 2 is 2.38 bits per heavy atom. The normalized spacial score (nSPS) is 9.88. The molecule has 1 rings (SSSR count). The second kappa shape index (κ2) is 6.82. The summed E-state index contributed by atoms with van der Waals surface area (Å²) in [5.74, 6) is -0.129. The predicted octanol–water partition coefficient (Wildman–Crippen LogP) is 2.15. The number of nitrogens with one attached hydrogen (secondary N) is 1. The number of hydrogen-bond donors (Lipinski definition) is 1. The van der Waals surface area contributed by atoms with Gasteiger partial charge in [0.15, 0.2) is 0 Å². The van der Waals surface area contributed by atoms with Gasteiger partial charge in [0.1, 0.15) is 0 Å². The van der Waals surface area contributed by atoms with Gasteiger partial charge in [0, 0.05) is 31.0 Å². The molecule has 0 aliphatic heterocycles. The summed E-state index contributed by atoms with van der Waals surface area (Å²) < 4.78 is 4.84. The number of pyridine rings is 1. The lowest BCUT2D eigenvalue weighted by molar-refractivity contribution is -0.143. The van der Waals surface area contributed by atoms with E-state index in [1.807, 2.05) is 26.1 Å². The lowest BCUT2D eigenvalue weighted by atomic mass is 10.2. The largest absolute Gasteiger partial charge is 0.466 e. The minimum Gasteiger partial charge on any atom is -0.466 e. The van der Waals surface area contributed by atoms with Gasteiger partial charge in [-0.3, -0.25) is 9.78 Å². The van der Waals surface area contributed by atoms with E-state index in [1.165, 1.54) is 0 Å². The van der Waals surface area contributed by atoms with E-state index < -0.39 is 0 Å². The number of carbonyl (C=O) groups excluding carboxylic acids is 1. The zero-order valence-corrected chi connectivity index (χ0v) is 9.82. The SMILES string of the molecule is CCOC(=O)CCCNc1ccncc1C. The lowest BCUT2D eigenvalue weighted by Gasteiger charge is -2.08. The van der Waals surface area contributed by atoms with Gasteiger partial charge >= 0.3 is 5.97 Å². The molecule has 1 heterocycles. The first-order valence-corrected chi connectivity index (χ1v) is 5.54. The van der Waals surface area contributed by atoms with Crippen molar-refractivity contribution in [1.82, 2.24) is 4.98 Å². The van der Waals surface area contributed by atoms with Crippen molar-refractivity contribution < 1.29 is 9.53 Å². The summed E-state index contributed by atoms with van der Waals surface area (Å²) in [7, 11) is 0. The van der Waals surface area contributed by atoms with Crippen molar-refractivity contribution in [3.05, 3.63) is 24.0 Å². The fourth-order valence-corrected chi connectivity index (χ4v) is 1.36. The van der Waals surface area contributed by atoms with Gasteiger partial charge in [0.25, 0.3) is 0 Å². The van der Waals surface area contributed by atoms with Gasteiger partial charge < -0.3 is 10.1 Å². The van der Waals surface area contributed by atoms with E-state index in [4.69, 9.17) is 4.74 Å². The Hall–Kier alpha value is -1.58. The van der Waals surface area contributed by atoms with Gasteiger partial charge in [-0.05, 0) is 31.9 Å². The van der Waals surface area contributed by atoms with Crippen molar-refractivity contribution in [3.63, 3.8) is 0 Å². The van der Waals surface area contributed by atoms with E-state index >= 15 is 0 Å². The van der Waals surface area contributed by atoms with Gasteiger partial charge in [-0.15, -0.1) is 0 Å². The van der Waals surface area contributed by atoms with E-state index in [0.29, 0.717) is 13.0 Å². The molecule has 0 saturated carbocycles. The summed E-state index contributed by atoms with van der Waals surface area (Å²) in [5, 5.41) is 3.26. The molecule has 0 atom stereocenters. The fraction of sp³-hybridized carbons (Fsp3) is 0.500. The van der Waals surface area contributed by atoms with E-state index in [9.17, 15) is 4.79 Å². The topological polar surface area (TPSA) is 51.2 Å². The minimum absolute atomic E-state index is 0.129. The Labute approximate surface area is 96.0 Å². The number of nitrogens with zero attached hydrogens (tertiary/aromatic N) is 1. The van der Waals surface area contributed by atoms with Crippen LogP contribution in [0.4, 0.5) is 5.69 Å². The van der Waals surface area contributed by atoms with E-state index in [1.54, 1.807) is 6.20 Å². The molecular weight excluding hydrogens is 204 g/mol. The molecule has 4 nitrogen and oxygen atoms in total. The molecular formula is C12H18N2O2. The van der Waals surface area contributed by atoms with Crippen LogP contribution in [0.15, 0.2) is 18.5 Å². The molecule has 0 spiro atoms. The summed E-state index contributed by atoms with van der Waals surface area (Å²) in [5.41, 5.74) is 2.18. The predicted molar refractivity (Wildman–Crippen MR) is 63.3 cm³/mol. The van der Waals surface area contributed by atoms with Gasteiger partial charge in [0.05, 0.1) is 6.61 Å². The van der Waals surface area contributed by atoms with Crippen LogP contribution in [-0.4, -0.2) is 24.1 Å². The summed E-state index contributed by atoms with van der Waals surface area (Å²) in [6.07, 6.45) is 4.81. The van der Waals surface area contributed by atoms with Crippen LogP contribution in [0.1, 0.15) is 25.3 Å². The van der Waals surface area contributed by atoms with Gasteiger partial charge in [0.2, 0.25) is 0 Å². The first-order chi connectivity index (χ1) is 7.74. The second-order valence-electron chi connectivity index (χ2n) is 3.53. The highest BCUT2D eigenvalue weighted by atomic mass is 16.5. The Balaban J connectivity index is 2.21. The number of aromatic nitrogens is 1. The summed E-state index contributed by atoms with van der Waals surface area (Å²) in [6, 6.07) is 1.93. The third-order valence-electron chi connectivity index (χ3n) is 2.20. The van der Waals surface area contributed by atoms with Gasteiger partial charge in [-0.1, -0.05) is 0 Å². The van der Waals surface area contributed by atoms with Crippen LogP contribution in [0.25, 0.3) is 0 Å². The van der Waals surface area contributed by atoms with E-state index in [0.717, 1.165) is 24.2 Å². The van der Waals surface area contributed by atoms with Crippen molar-refractivity contribution >= 4 is 11.7 Å². The van der Waals surface area contributed by atoms with Crippen LogP contribution in [0.5, 0.6) is 0 Å². The van der Waals surface area contributed by atoms with Crippen molar-refractivity contribution in [3.8, 4) is 0 Å². The number of rotatable bonds is 6. The van der Waals surface area contributed by atoms with Crippen molar-refractivity contribution in [1.29, 1.82) is 0 Å². The van der Waals surface area contributed by atoms with Crippen LogP contribution in [-0.2, 0) is 9.53 Å². The van der Waals surface area contributed by atoms with Gasteiger partial charge in [-0.2, -0.15) is 0 Å². The lowest BCUT2D eigenvalue weighted by Crippen LogP contribution is -2.08. The molecule has 0 fully saturated rings. The standard InChI is InChI=1S/C12H18N2O2/c1-3-16-12(15)5-4-7-14-11-6-8-13-9-10(11)2/h6,8-9H,3-5,7H2,1-2H3,(H,13,14). The second-order valence-corrected chi connectivity index (χ2v) is 3.53. The van der Waals surface area contributed by atoms with Crippen molar-refractivity contribution in [2.45, 2.75) is 26.7 Å². The zero-order valence-electron chi connectivity index (χ0n) is 9.82. The monoisotopic (exact) mass is 222 g/mol. The fourth-order valence-electron chi connectivity index (χ4n) is 1.36. The molecule has 0 amide bonds. The molecule has 0 unspecified atom stereocenters. The third-order valence-corrected chi connectivity index (χ3v) is 2.20. The zero-order chi connectivity index (χ0) is 11.8. The number of carbonyl (C=O) groups is 1. The molecule has 0 saturated heterocycles. The molecule has 0 aliphatic carbocycles. The smallest absolute Gasteiger partial charge is 0.305 e. The van der Waals surface area contributed by atoms with Gasteiger partial charge in [-0.25, -0.2) is 0 Å². The average molecular weight is 222 g/mol. The molecule has 4 heteroatoms. The summed E-state index contributed by atoms with van der Waals surface area (Å²) in [6.45, 7) is 5.04. The maximum absolute atomic E-state index is 11.1. The van der Waals surface area contributed by atoms with E-state index in [2.05, 4.69) is 10.3 Å². The Bertz CT molecular complexity index is 340. The highest BCUT2D eigenvalue weighted by Crippen LogP contribution is 2.11. The van der Waals surface area contributed by atoms with Crippen LogP contribution in [0, 0.1) is 6.92 Å². The van der Waals surface area contributed by atoms with Crippen molar-refractivity contribution in [2.24, 2.45) is 0 Å². The molecule has 16 heavy (non-hydrogen) atoms. The molecule has 88 valence electrons. The average Bonchev–Trinajstić information content (AvgIpc) is 2.27. The van der Waals surface area contributed by atoms with E-state index in [-0.39, 0.29) is 5.97 Å².